The molecule has 0 aliphatic heterocycles. The van der Waals surface area contributed by atoms with Gasteiger partial charge in [-0.15, -0.1) is 0 Å². The van der Waals surface area contributed by atoms with Gasteiger partial charge in [-0.05, 0) is 40.2 Å². The lowest BCUT2D eigenvalue weighted by Gasteiger charge is -2.09. The van der Waals surface area contributed by atoms with Crippen molar-refractivity contribution in [1.82, 2.24) is 0 Å². The van der Waals surface area contributed by atoms with Crippen LogP contribution in [0.15, 0.2) is 34.8 Å². The minimum atomic E-state index is -0.247. The zero-order valence-electron chi connectivity index (χ0n) is 10.3. The lowest BCUT2D eigenvalue weighted by Crippen LogP contribution is -2.11. The molecule has 0 N–H and O–H groups in total. The summed E-state index contributed by atoms with van der Waals surface area (Å²) in [6, 6.07) is 7.77. The molecule has 0 fully saturated rings. The average molecular weight is 429 g/mol. The molecule has 110 valence electrons. The Morgan fingerprint density at radius 2 is 1.67 bits per heavy atom. The van der Waals surface area contributed by atoms with Crippen LogP contribution in [0, 0.1) is 0 Å². The van der Waals surface area contributed by atoms with Gasteiger partial charge in [0.05, 0.1) is 20.1 Å². The minimum absolute atomic E-state index is 0.185. The molecule has 2 rings (SSSR count). The second-order valence-corrected chi connectivity index (χ2v) is 6.52. The smallest absolute Gasteiger partial charge is 0.200 e. The highest BCUT2D eigenvalue weighted by molar-refractivity contribution is 9.10. The Hall–Kier alpha value is -0.450. The van der Waals surface area contributed by atoms with Gasteiger partial charge >= 0.3 is 0 Å². The Balaban J connectivity index is 2.11. The minimum Gasteiger partial charge on any atom is -0.484 e. The van der Waals surface area contributed by atoms with Gasteiger partial charge in [-0.25, -0.2) is 0 Å². The molecule has 0 bridgehead atoms. The van der Waals surface area contributed by atoms with Crippen LogP contribution in [0.3, 0.4) is 0 Å². The third-order valence-corrected chi connectivity index (χ3v) is 4.81. The van der Waals surface area contributed by atoms with E-state index in [0.717, 1.165) is 0 Å². The highest BCUT2D eigenvalue weighted by atomic mass is 79.9. The number of rotatable bonds is 4. The van der Waals surface area contributed by atoms with Gasteiger partial charge in [-0.2, -0.15) is 0 Å². The Labute approximate surface area is 150 Å². The number of Topliss-reactive ketones (excluding diaryl/α,β-unsaturated/α-hetero) is 1. The van der Waals surface area contributed by atoms with E-state index in [0.29, 0.717) is 35.9 Å². The summed E-state index contributed by atoms with van der Waals surface area (Å²) in [5.74, 6) is 0.0851. The summed E-state index contributed by atoms with van der Waals surface area (Å²) in [6.45, 7) is -0.185. The van der Waals surface area contributed by atoms with Crippen LogP contribution in [0.1, 0.15) is 10.4 Å². The SMILES string of the molecule is O=C(COc1cc(Cl)c(Br)cc1Cl)c1ccc(Cl)c(Cl)c1. The molecule has 0 spiro atoms. The third kappa shape index (κ3) is 4.27. The average Bonchev–Trinajstić information content (AvgIpc) is 2.44. The number of hydrogen-bond donors (Lipinski definition) is 0. The molecule has 7 heteroatoms. The fraction of sp³-hybridized carbons (Fsp3) is 0.0714. The normalized spacial score (nSPS) is 10.5. The van der Waals surface area contributed by atoms with Crippen molar-refractivity contribution < 1.29 is 9.53 Å². The Kier molecular flexibility index (Phi) is 5.81. The molecule has 0 aliphatic rings. The van der Waals surface area contributed by atoms with Gasteiger partial charge in [-0.3, -0.25) is 4.79 Å². The van der Waals surface area contributed by atoms with Gasteiger partial charge in [0, 0.05) is 16.1 Å². The Morgan fingerprint density at radius 1 is 0.952 bits per heavy atom. The fourth-order valence-corrected chi connectivity index (χ4v) is 2.66. The molecule has 2 aromatic carbocycles. The second kappa shape index (κ2) is 7.21. The maximum atomic E-state index is 12.0. The molecule has 0 radical (unpaired) electrons. The first-order valence-corrected chi connectivity index (χ1v) is 7.94. The molecule has 0 saturated heterocycles. The molecule has 21 heavy (non-hydrogen) atoms. The van der Waals surface area contributed by atoms with E-state index in [1.54, 1.807) is 18.2 Å². The van der Waals surface area contributed by atoms with E-state index >= 15 is 0 Å². The molecule has 0 saturated carbocycles. The van der Waals surface area contributed by atoms with Gasteiger partial charge in [0.1, 0.15) is 5.75 Å². The number of ketones is 1. The van der Waals surface area contributed by atoms with Crippen molar-refractivity contribution in [3.05, 3.63) is 60.5 Å². The lowest BCUT2D eigenvalue weighted by molar-refractivity contribution is 0.0921. The summed E-state index contributed by atoms with van der Waals surface area (Å²) in [5, 5.41) is 1.49. The molecule has 0 aliphatic carbocycles. The predicted molar refractivity (Wildman–Crippen MR) is 90.4 cm³/mol. The largest absolute Gasteiger partial charge is 0.484 e. The molecule has 0 heterocycles. The maximum Gasteiger partial charge on any atom is 0.200 e. The van der Waals surface area contributed by atoms with Crippen molar-refractivity contribution in [3.63, 3.8) is 0 Å². The van der Waals surface area contributed by atoms with E-state index < -0.39 is 0 Å². The zero-order valence-corrected chi connectivity index (χ0v) is 14.9. The summed E-state index contributed by atoms with van der Waals surface area (Å²) >= 11 is 26.9. The predicted octanol–water partition coefficient (Wildman–Crippen LogP) is 6.32. The molecule has 2 nitrogen and oxygen atoms in total. The van der Waals surface area contributed by atoms with Crippen molar-refractivity contribution in [2.45, 2.75) is 0 Å². The van der Waals surface area contributed by atoms with Gasteiger partial charge in [0.2, 0.25) is 0 Å². The third-order valence-electron chi connectivity index (χ3n) is 2.58. The number of carbonyl (C=O) groups is 1. The monoisotopic (exact) mass is 426 g/mol. The first-order valence-electron chi connectivity index (χ1n) is 5.64. The van der Waals surface area contributed by atoms with E-state index in [1.165, 1.54) is 12.1 Å². The highest BCUT2D eigenvalue weighted by Crippen LogP contribution is 2.34. The van der Waals surface area contributed by atoms with Crippen molar-refractivity contribution in [2.75, 3.05) is 6.61 Å². The Morgan fingerprint density at radius 3 is 2.33 bits per heavy atom. The summed E-state index contributed by atoms with van der Waals surface area (Å²) in [5.41, 5.74) is 0.406. The molecular formula is C14H7BrCl4O2. The van der Waals surface area contributed by atoms with Crippen molar-refractivity contribution in [2.24, 2.45) is 0 Å². The number of benzene rings is 2. The zero-order chi connectivity index (χ0) is 15.6. The Bertz CT molecular complexity index is 704. The van der Waals surface area contributed by atoms with E-state index in [9.17, 15) is 4.79 Å². The van der Waals surface area contributed by atoms with E-state index in [1.807, 2.05) is 0 Å². The van der Waals surface area contributed by atoms with Gasteiger partial charge in [0.15, 0.2) is 12.4 Å². The van der Waals surface area contributed by atoms with Crippen LogP contribution < -0.4 is 4.74 Å². The summed E-state index contributed by atoms with van der Waals surface area (Å²) in [6.07, 6.45) is 0. The van der Waals surface area contributed by atoms with Crippen molar-refractivity contribution in [1.29, 1.82) is 0 Å². The fourth-order valence-electron chi connectivity index (χ4n) is 1.51. The maximum absolute atomic E-state index is 12.0. The number of halogens is 5. The van der Waals surface area contributed by atoms with Crippen LogP contribution >= 0.6 is 62.3 Å². The first-order chi connectivity index (χ1) is 9.88. The van der Waals surface area contributed by atoms with Crippen molar-refractivity contribution >= 4 is 68.1 Å². The lowest BCUT2D eigenvalue weighted by atomic mass is 10.1. The molecule has 0 aromatic heterocycles. The molecule has 0 atom stereocenters. The van der Waals surface area contributed by atoms with E-state index in [2.05, 4.69) is 15.9 Å². The molecule has 2 aromatic rings. The van der Waals surface area contributed by atoms with E-state index in [4.69, 9.17) is 51.1 Å². The van der Waals surface area contributed by atoms with Gasteiger partial charge in [0.25, 0.3) is 0 Å². The first kappa shape index (κ1) is 16.9. The van der Waals surface area contributed by atoms with Crippen LogP contribution in [0.4, 0.5) is 0 Å². The van der Waals surface area contributed by atoms with E-state index in [-0.39, 0.29) is 12.4 Å². The topological polar surface area (TPSA) is 26.3 Å². The van der Waals surface area contributed by atoms with Crippen LogP contribution in [-0.2, 0) is 0 Å². The summed E-state index contributed by atoms with van der Waals surface area (Å²) in [7, 11) is 0. The quantitative estimate of drug-likeness (QED) is 0.420. The van der Waals surface area contributed by atoms with Gasteiger partial charge < -0.3 is 4.74 Å². The standard InChI is InChI=1S/C14H7BrCl4O2/c15-8-4-12(19)14(5-10(8)17)21-6-13(20)7-1-2-9(16)11(18)3-7/h1-5H,6H2. The van der Waals surface area contributed by atoms with Crippen LogP contribution in [-0.4, -0.2) is 12.4 Å². The van der Waals surface area contributed by atoms with Crippen molar-refractivity contribution in [3.8, 4) is 5.75 Å². The van der Waals surface area contributed by atoms with Crippen LogP contribution in [0.25, 0.3) is 0 Å². The number of carbonyl (C=O) groups excluding carboxylic acids is 1. The highest BCUT2D eigenvalue weighted by Gasteiger charge is 2.12. The molecule has 0 amide bonds. The van der Waals surface area contributed by atoms with Crippen LogP contribution in [0.5, 0.6) is 5.75 Å². The second-order valence-electron chi connectivity index (χ2n) is 4.04. The van der Waals surface area contributed by atoms with Crippen LogP contribution in [0.2, 0.25) is 20.1 Å². The number of ether oxygens (including phenoxy) is 1. The summed E-state index contributed by atoms with van der Waals surface area (Å²) < 4.78 is 6.05. The number of hydrogen-bond acceptors (Lipinski definition) is 2. The molecular weight excluding hydrogens is 422 g/mol. The summed E-state index contributed by atoms with van der Waals surface area (Å²) in [4.78, 5) is 12.0. The molecule has 0 unspecified atom stereocenters. The van der Waals surface area contributed by atoms with Gasteiger partial charge in [-0.1, -0.05) is 46.4 Å².